The highest BCUT2D eigenvalue weighted by molar-refractivity contribution is 5.75. The normalized spacial score (nSPS) is 26.1. The largest absolute Gasteiger partial charge is 0.480 e. The summed E-state index contributed by atoms with van der Waals surface area (Å²) in [6.07, 6.45) is 0.130. The number of carboxylic acids is 1. The summed E-state index contributed by atoms with van der Waals surface area (Å²) >= 11 is 0. The van der Waals surface area contributed by atoms with E-state index in [1.165, 1.54) is 0 Å². The van der Waals surface area contributed by atoms with Gasteiger partial charge in [0, 0.05) is 13.1 Å². The lowest BCUT2D eigenvalue weighted by Gasteiger charge is -2.38. The minimum Gasteiger partial charge on any atom is -0.480 e. The summed E-state index contributed by atoms with van der Waals surface area (Å²) < 4.78 is 5.67. The van der Waals surface area contributed by atoms with E-state index in [-0.39, 0.29) is 12.2 Å². The van der Waals surface area contributed by atoms with Crippen LogP contribution < -0.4 is 0 Å². The van der Waals surface area contributed by atoms with Gasteiger partial charge in [0.05, 0.1) is 12.2 Å². The Labute approximate surface area is 114 Å². The molecule has 0 radical (unpaired) electrons. The van der Waals surface area contributed by atoms with Gasteiger partial charge in [0.25, 0.3) is 0 Å². The van der Waals surface area contributed by atoms with Crippen molar-refractivity contribution < 1.29 is 14.6 Å². The number of carboxylic acid groups (broad SMARTS) is 1. The van der Waals surface area contributed by atoms with Crippen LogP contribution in [0.4, 0.5) is 0 Å². The second kappa shape index (κ2) is 5.72. The Kier molecular flexibility index (Phi) is 4.22. The number of aryl methyl sites for hydroxylation is 1. The SMILES string of the molecule is Cc1cccc(C(C(=O)O)N2CC(C)OC(C)C2)c1. The quantitative estimate of drug-likeness (QED) is 0.908. The van der Waals surface area contributed by atoms with Crippen molar-refractivity contribution in [3.05, 3.63) is 35.4 Å². The van der Waals surface area contributed by atoms with Crippen LogP contribution in [0.2, 0.25) is 0 Å². The third-order valence-electron chi connectivity index (χ3n) is 3.40. The number of nitrogens with zero attached hydrogens (tertiary/aromatic N) is 1. The van der Waals surface area contributed by atoms with Crippen molar-refractivity contribution in [2.24, 2.45) is 0 Å². The van der Waals surface area contributed by atoms with E-state index in [1.807, 2.05) is 49.9 Å². The zero-order valence-corrected chi connectivity index (χ0v) is 11.7. The van der Waals surface area contributed by atoms with Crippen molar-refractivity contribution in [3.8, 4) is 0 Å². The smallest absolute Gasteiger partial charge is 0.325 e. The first-order chi connectivity index (χ1) is 8.97. The van der Waals surface area contributed by atoms with E-state index in [4.69, 9.17) is 4.74 Å². The second-order valence-corrected chi connectivity index (χ2v) is 5.37. The number of benzene rings is 1. The van der Waals surface area contributed by atoms with Gasteiger partial charge >= 0.3 is 5.97 Å². The molecule has 0 saturated carbocycles. The van der Waals surface area contributed by atoms with E-state index in [9.17, 15) is 9.90 Å². The number of carbonyl (C=O) groups is 1. The van der Waals surface area contributed by atoms with E-state index in [1.54, 1.807) is 0 Å². The molecule has 1 saturated heterocycles. The molecule has 104 valence electrons. The van der Waals surface area contributed by atoms with E-state index in [2.05, 4.69) is 0 Å². The predicted octanol–water partition coefficient (Wildman–Crippen LogP) is 2.23. The van der Waals surface area contributed by atoms with Gasteiger partial charge < -0.3 is 9.84 Å². The Balaban J connectivity index is 2.27. The maximum atomic E-state index is 11.6. The first kappa shape index (κ1) is 14.0. The average Bonchev–Trinajstić information content (AvgIpc) is 2.27. The summed E-state index contributed by atoms with van der Waals surface area (Å²) in [4.78, 5) is 13.6. The fraction of sp³-hybridized carbons (Fsp3) is 0.533. The summed E-state index contributed by atoms with van der Waals surface area (Å²) in [5.74, 6) is -0.799. The molecular formula is C15H21NO3. The number of aliphatic carboxylic acids is 1. The summed E-state index contributed by atoms with van der Waals surface area (Å²) in [5, 5.41) is 9.56. The first-order valence-corrected chi connectivity index (χ1v) is 6.66. The van der Waals surface area contributed by atoms with Crippen molar-refractivity contribution in [3.63, 3.8) is 0 Å². The van der Waals surface area contributed by atoms with E-state index in [0.717, 1.165) is 11.1 Å². The Morgan fingerprint density at radius 2 is 2.00 bits per heavy atom. The van der Waals surface area contributed by atoms with Gasteiger partial charge in [-0.2, -0.15) is 0 Å². The summed E-state index contributed by atoms with van der Waals surface area (Å²) in [6.45, 7) is 7.24. The van der Waals surface area contributed by atoms with Gasteiger partial charge in [0.15, 0.2) is 0 Å². The molecule has 0 aliphatic carbocycles. The first-order valence-electron chi connectivity index (χ1n) is 6.66. The molecule has 0 spiro atoms. The van der Waals surface area contributed by atoms with E-state index in [0.29, 0.717) is 13.1 Å². The van der Waals surface area contributed by atoms with E-state index >= 15 is 0 Å². The lowest BCUT2D eigenvalue weighted by atomic mass is 10.0. The van der Waals surface area contributed by atoms with Crippen LogP contribution in [0, 0.1) is 6.92 Å². The lowest BCUT2D eigenvalue weighted by molar-refractivity contribution is -0.149. The molecule has 0 aromatic heterocycles. The van der Waals surface area contributed by atoms with Crippen LogP contribution in [-0.2, 0) is 9.53 Å². The fourth-order valence-corrected chi connectivity index (χ4v) is 2.78. The zero-order valence-electron chi connectivity index (χ0n) is 11.7. The molecule has 3 atom stereocenters. The molecule has 0 bridgehead atoms. The molecule has 1 heterocycles. The molecule has 0 amide bonds. The molecule has 1 aromatic rings. The Morgan fingerprint density at radius 3 is 2.53 bits per heavy atom. The molecule has 1 fully saturated rings. The molecular weight excluding hydrogens is 242 g/mol. The molecule has 4 nitrogen and oxygen atoms in total. The molecule has 1 aliphatic heterocycles. The highest BCUT2D eigenvalue weighted by atomic mass is 16.5. The van der Waals surface area contributed by atoms with Gasteiger partial charge in [0.1, 0.15) is 6.04 Å². The third kappa shape index (κ3) is 3.33. The summed E-state index contributed by atoms with van der Waals surface area (Å²) in [5.41, 5.74) is 1.92. The van der Waals surface area contributed by atoms with Crippen LogP contribution in [0.5, 0.6) is 0 Å². The minimum atomic E-state index is -0.799. The molecule has 19 heavy (non-hydrogen) atoms. The maximum absolute atomic E-state index is 11.6. The predicted molar refractivity (Wildman–Crippen MR) is 73.1 cm³/mol. The van der Waals surface area contributed by atoms with Crippen molar-refractivity contribution in [1.29, 1.82) is 0 Å². The molecule has 1 aromatic carbocycles. The highest BCUT2D eigenvalue weighted by Gasteiger charge is 2.33. The van der Waals surface area contributed by atoms with Gasteiger partial charge in [-0.25, -0.2) is 0 Å². The van der Waals surface area contributed by atoms with Crippen LogP contribution in [0.3, 0.4) is 0 Å². The summed E-state index contributed by atoms with van der Waals surface area (Å²) in [6, 6.07) is 7.13. The van der Waals surface area contributed by atoms with Crippen LogP contribution >= 0.6 is 0 Å². The minimum absolute atomic E-state index is 0.0652. The van der Waals surface area contributed by atoms with Crippen LogP contribution in [0.25, 0.3) is 0 Å². The zero-order chi connectivity index (χ0) is 14.0. The van der Waals surface area contributed by atoms with Gasteiger partial charge in [-0.05, 0) is 26.3 Å². The van der Waals surface area contributed by atoms with Gasteiger partial charge in [0.2, 0.25) is 0 Å². The average molecular weight is 263 g/mol. The lowest BCUT2D eigenvalue weighted by Crippen LogP contribution is -2.48. The summed E-state index contributed by atoms with van der Waals surface area (Å²) in [7, 11) is 0. The van der Waals surface area contributed by atoms with Gasteiger partial charge in [-0.3, -0.25) is 9.69 Å². The topological polar surface area (TPSA) is 49.8 Å². The molecule has 1 N–H and O–H groups in total. The van der Waals surface area contributed by atoms with Crippen molar-refractivity contribution >= 4 is 5.97 Å². The van der Waals surface area contributed by atoms with Crippen LogP contribution in [-0.4, -0.2) is 41.3 Å². The van der Waals surface area contributed by atoms with E-state index < -0.39 is 12.0 Å². The maximum Gasteiger partial charge on any atom is 0.325 e. The molecule has 4 heteroatoms. The molecule has 3 unspecified atom stereocenters. The second-order valence-electron chi connectivity index (χ2n) is 5.37. The number of hydrogen-bond donors (Lipinski definition) is 1. The Bertz CT molecular complexity index is 450. The number of rotatable bonds is 3. The van der Waals surface area contributed by atoms with Crippen molar-refractivity contribution in [2.45, 2.75) is 39.0 Å². The van der Waals surface area contributed by atoms with Crippen molar-refractivity contribution in [2.75, 3.05) is 13.1 Å². The third-order valence-corrected chi connectivity index (χ3v) is 3.40. The van der Waals surface area contributed by atoms with Gasteiger partial charge in [-0.15, -0.1) is 0 Å². The highest BCUT2D eigenvalue weighted by Crippen LogP contribution is 2.25. The van der Waals surface area contributed by atoms with Crippen molar-refractivity contribution in [1.82, 2.24) is 4.90 Å². The standard InChI is InChI=1S/C15H21NO3/c1-10-5-4-6-13(7-10)14(15(17)18)16-8-11(2)19-12(3)9-16/h4-7,11-12,14H,8-9H2,1-3H3,(H,17,18). The number of ether oxygens (including phenoxy) is 1. The Hall–Kier alpha value is -1.39. The van der Waals surface area contributed by atoms with Gasteiger partial charge in [-0.1, -0.05) is 29.8 Å². The number of hydrogen-bond acceptors (Lipinski definition) is 3. The monoisotopic (exact) mass is 263 g/mol. The van der Waals surface area contributed by atoms with Crippen LogP contribution in [0.15, 0.2) is 24.3 Å². The fourth-order valence-electron chi connectivity index (χ4n) is 2.78. The number of morpholine rings is 1. The molecule has 1 aliphatic rings. The van der Waals surface area contributed by atoms with Crippen LogP contribution in [0.1, 0.15) is 31.0 Å². The Morgan fingerprint density at radius 1 is 1.37 bits per heavy atom. The molecule has 2 rings (SSSR count).